The number of thiazole rings is 1. The minimum Gasteiger partial charge on any atom is -0.345 e. The number of amides is 1. The van der Waals surface area contributed by atoms with Crippen molar-refractivity contribution in [2.24, 2.45) is 0 Å². The molecule has 0 aliphatic rings. The summed E-state index contributed by atoms with van der Waals surface area (Å²) in [4.78, 5) is 28.9. The molecule has 2 N–H and O–H groups in total. The van der Waals surface area contributed by atoms with Gasteiger partial charge < -0.3 is 10.3 Å². The fraction of sp³-hybridized carbons (Fsp3) is 0.0909. The first-order valence-electron chi connectivity index (χ1n) is 5.00. The van der Waals surface area contributed by atoms with E-state index in [1.807, 2.05) is 6.07 Å². The monoisotopic (exact) mass is 260 g/mol. The number of pyridine rings is 1. The molecule has 90 valence electrons. The molecule has 2 rings (SSSR count). The molecule has 0 fully saturated rings. The number of nitrogens with one attached hydrogen (secondary N) is 2. The second kappa shape index (κ2) is 5.25. The third-order valence-electron chi connectivity index (χ3n) is 2.14. The predicted octanol–water partition coefficient (Wildman–Crippen LogP) is 0.633. The van der Waals surface area contributed by atoms with Crippen molar-refractivity contribution in [3.05, 3.63) is 50.3 Å². The largest absolute Gasteiger partial charge is 0.345 e. The summed E-state index contributed by atoms with van der Waals surface area (Å²) in [6.45, 7) is 0.235. The maximum Gasteiger partial charge on any atom is 0.304 e. The van der Waals surface area contributed by atoms with Crippen LogP contribution in [0.2, 0.25) is 0 Å². The highest BCUT2D eigenvalue weighted by molar-refractivity contribution is 7.07. The van der Waals surface area contributed by atoms with Gasteiger partial charge in [-0.3, -0.25) is 9.59 Å². The molecule has 0 bridgehead atoms. The quantitative estimate of drug-likeness (QED) is 0.845. The normalized spacial score (nSPS) is 9.72. The van der Waals surface area contributed by atoms with Crippen LogP contribution in [0.15, 0.2) is 28.5 Å². The van der Waals surface area contributed by atoms with Gasteiger partial charge in [0.1, 0.15) is 11.8 Å². The van der Waals surface area contributed by atoms with Crippen LogP contribution in [0, 0.1) is 11.3 Å². The molecule has 7 heteroatoms. The van der Waals surface area contributed by atoms with Gasteiger partial charge in [-0.2, -0.15) is 5.26 Å². The topological polar surface area (TPSA) is 98.6 Å². The molecule has 0 aliphatic heterocycles. The maximum absolute atomic E-state index is 11.7. The van der Waals surface area contributed by atoms with Crippen molar-refractivity contribution >= 4 is 17.2 Å². The molecule has 2 aromatic rings. The Hall–Kier alpha value is -2.46. The Morgan fingerprint density at radius 2 is 2.39 bits per heavy atom. The van der Waals surface area contributed by atoms with E-state index >= 15 is 0 Å². The van der Waals surface area contributed by atoms with E-state index in [1.165, 1.54) is 18.3 Å². The Bertz CT molecular complexity index is 651. The summed E-state index contributed by atoms with van der Waals surface area (Å²) in [6.07, 6.45) is 1.33. The Kier molecular flexibility index (Phi) is 3.50. The molecule has 6 nitrogen and oxygen atoms in total. The van der Waals surface area contributed by atoms with Gasteiger partial charge >= 0.3 is 4.87 Å². The molecule has 0 saturated carbocycles. The van der Waals surface area contributed by atoms with Gasteiger partial charge in [-0.1, -0.05) is 11.3 Å². The summed E-state index contributed by atoms with van der Waals surface area (Å²) in [5.41, 5.74) is 1.27. The van der Waals surface area contributed by atoms with Gasteiger partial charge in [0.05, 0.1) is 12.1 Å². The van der Waals surface area contributed by atoms with Gasteiger partial charge in [0, 0.05) is 17.3 Å². The van der Waals surface area contributed by atoms with Gasteiger partial charge in [0.2, 0.25) is 0 Å². The van der Waals surface area contributed by atoms with Crippen LogP contribution in [0.5, 0.6) is 0 Å². The minimum atomic E-state index is -0.355. The molecule has 18 heavy (non-hydrogen) atoms. The summed E-state index contributed by atoms with van der Waals surface area (Å²) in [6, 6.07) is 4.92. The number of aromatic amines is 1. The van der Waals surface area contributed by atoms with Crippen LogP contribution >= 0.6 is 11.3 Å². The van der Waals surface area contributed by atoms with E-state index in [0.29, 0.717) is 11.3 Å². The molecule has 1 amide bonds. The fourth-order valence-electron chi connectivity index (χ4n) is 1.26. The number of H-pyrrole nitrogens is 1. The molecule has 0 aliphatic carbocycles. The number of hydrogen-bond donors (Lipinski definition) is 2. The first-order valence-corrected chi connectivity index (χ1v) is 5.88. The smallest absolute Gasteiger partial charge is 0.304 e. The lowest BCUT2D eigenvalue weighted by atomic mass is 10.2. The molecular weight excluding hydrogens is 252 g/mol. The lowest BCUT2D eigenvalue weighted by Crippen LogP contribution is -2.24. The van der Waals surface area contributed by atoms with E-state index in [9.17, 15) is 9.59 Å². The Morgan fingerprint density at radius 3 is 2.94 bits per heavy atom. The average Bonchev–Trinajstić information content (AvgIpc) is 2.82. The zero-order chi connectivity index (χ0) is 13.0. The lowest BCUT2D eigenvalue weighted by molar-refractivity contribution is 0.0945. The Balaban J connectivity index is 1.99. The van der Waals surface area contributed by atoms with Crippen molar-refractivity contribution in [2.75, 3.05) is 0 Å². The van der Waals surface area contributed by atoms with Crippen LogP contribution in [0.4, 0.5) is 0 Å². The van der Waals surface area contributed by atoms with Gasteiger partial charge in [-0.15, -0.1) is 0 Å². The van der Waals surface area contributed by atoms with Crippen molar-refractivity contribution in [3.63, 3.8) is 0 Å². The molecule has 0 unspecified atom stereocenters. The van der Waals surface area contributed by atoms with Gasteiger partial charge in [0.25, 0.3) is 5.91 Å². The highest BCUT2D eigenvalue weighted by Gasteiger charge is 2.07. The first-order chi connectivity index (χ1) is 8.69. The lowest BCUT2D eigenvalue weighted by Gasteiger charge is -2.02. The number of carbonyl (C=O) groups is 1. The van der Waals surface area contributed by atoms with E-state index in [2.05, 4.69) is 15.3 Å². The molecular formula is C11H8N4O2S. The zero-order valence-electron chi connectivity index (χ0n) is 9.14. The SMILES string of the molecule is N#Cc1ccc(C(=O)NCc2csc(=O)[nH]2)nc1. The van der Waals surface area contributed by atoms with Crippen LogP contribution in [0.25, 0.3) is 0 Å². The summed E-state index contributed by atoms with van der Waals surface area (Å²) < 4.78 is 0. The van der Waals surface area contributed by atoms with Crippen molar-refractivity contribution in [3.8, 4) is 6.07 Å². The number of aromatic nitrogens is 2. The van der Waals surface area contributed by atoms with Gasteiger partial charge in [0.15, 0.2) is 0 Å². The number of hydrogen-bond acceptors (Lipinski definition) is 5. The standard InChI is InChI=1S/C11H8N4O2S/c12-3-7-1-2-9(13-4-7)10(16)14-5-8-6-18-11(17)15-8/h1-2,4,6H,5H2,(H,14,16)(H,15,17). The second-order valence-corrected chi connectivity index (χ2v) is 4.24. The number of carbonyl (C=O) groups excluding carboxylic acids is 1. The summed E-state index contributed by atoms with van der Waals surface area (Å²) >= 11 is 1.04. The van der Waals surface area contributed by atoms with Crippen LogP contribution in [0.3, 0.4) is 0 Å². The molecule has 2 heterocycles. The van der Waals surface area contributed by atoms with E-state index in [-0.39, 0.29) is 23.0 Å². The van der Waals surface area contributed by atoms with Crippen LogP contribution < -0.4 is 10.2 Å². The van der Waals surface area contributed by atoms with Gasteiger partial charge in [-0.05, 0) is 12.1 Å². The van der Waals surface area contributed by atoms with Crippen LogP contribution in [-0.2, 0) is 6.54 Å². The highest BCUT2D eigenvalue weighted by Crippen LogP contribution is 2.00. The molecule has 0 saturated heterocycles. The molecule has 2 aromatic heterocycles. The summed E-state index contributed by atoms with van der Waals surface area (Å²) in [7, 11) is 0. The molecule has 0 atom stereocenters. The van der Waals surface area contributed by atoms with E-state index in [1.54, 1.807) is 5.38 Å². The highest BCUT2D eigenvalue weighted by atomic mass is 32.1. The van der Waals surface area contributed by atoms with Crippen molar-refractivity contribution in [1.82, 2.24) is 15.3 Å². The minimum absolute atomic E-state index is 0.157. The zero-order valence-corrected chi connectivity index (χ0v) is 9.95. The number of nitrogens with zero attached hydrogens (tertiary/aromatic N) is 2. The average molecular weight is 260 g/mol. The van der Waals surface area contributed by atoms with Crippen LogP contribution in [0.1, 0.15) is 21.7 Å². The third-order valence-corrected chi connectivity index (χ3v) is 2.85. The first kappa shape index (κ1) is 12.0. The third kappa shape index (κ3) is 2.81. The fourth-order valence-corrected chi connectivity index (χ4v) is 1.84. The van der Waals surface area contributed by atoms with E-state index < -0.39 is 0 Å². The molecule has 0 radical (unpaired) electrons. The number of rotatable bonds is 3. The predicted molar refractivity (Wildman–Crippen MR) is 65.1 cm³/mol. The van der Waals surface area contributed by atoms with Crippen molar-refractivity contribution in [1.29, 1.82) is 5.26 Å². The molecule has 0 aromatic carbocycles. The number of nitriles is 1. The molecule has 0 spiro atoms. The summed E-state index contributed by atoms with van der Waals surface area (Å²) in [5.74, 6) is -0.355. The maximum atomic E-state index is 11.7. The van der Waals surface area contributed by atoms with Crippen LogP contribution in [-0.4, -0.2) is 15.9 Å². The van der Waals surface area contributed by atoms with E-state index in [4.69, 9.17) is 5.26 Å². The van der Waals surface area contributed by atoms with E-state index in [0.717, 1.165) is 11.3 Å². The summed E-state index contributed by atoms with van der Waals surface area (Å²) in [5, 5.41) is 12.9. The second-order valence-electron chi connectivity index (χ2n) is 3.40. The Morgan fingerprint density at radius 1 is 1.56 bits per heavy atom. The van der Waals surface area contributed by atoms with Gasteiger partial charge in [-0.25, -0.2) is 4.98 Å². The Labute approximate surface area is 106 Å². The van der Waals surface area contributed by atoms with Crippen molar-refractivity contribution < 1.29 is 4.79 Å². The van der Waals surface area contributed by atoms with Crippen molar-refractivity contribution in [2.45, 2.75) is 6.54 Å².